The summed E-state index contributed by atoms with van der Waals surface area (Å²) in [5.74, 6) is -1.32. The molecule has 0 bridgehead atoms. The number of methoxy groups -OCH3 is 1. The standard InChI is InChI=1S/C17H25FN2O3/c1-6-7-8-20(17(2,3)16(22)23-5)14-10-12(15(21)19-4)9-13(18)11-14/h9-11H,6-8H2,1-5H3,(H,19,21). The predicted octanol–water partition coefficient (Wildman–Crippen LogP) is 2.74. The maximum absolute atomic E-state index is 14.0. The third-order valence-corrected chi connectivity index (χ3v) is 3.78. The number of hydrogen-bond donors (Lipinski definition) is 1. The maximum Gasteiger partial charge on any atom is 0.331 e. The fourth-order valence-electron chi connectivity index (χ4n) is 2.41. The zero-order chi connectivity index (χ0) is 17.6. The van der Waals surface area contributed by atoms with Crippen LogP contribution < -0.4 is 10.2 Å². The number of halogens is 1. The van der Waals surface area contributed by atoms with Crippen molar-refractivity contribution >= 4 is 17.6 Å². The van der Waals surface area contributed by atoms with E-state index in [1.807, 2.05) is 6.92 Å². The fraction of sp³-hybridized carbons (Fsp3) is 0.529. The van der Waals surface area contributed by atoms with Gasteiger partial charge in [-0.05, 0) is 38.5 Å². The molecule has 1 N–H and O–H groups in total. The summed E-state index contributed by atoms with van der Waals surface area (Å²) in [6.07, 6.45) is 1.75. The second kappa shape index (κ2) is 7.94. The second-order valence-corrected chi connectivity index (χ2v) is 5.83. The van der Waals surface area contributed by atoms with Crippen LogP contribution in [0.25, 0.3) is 0 Å². The van der Waals surface area contributed by atoms with Crippen molar-refractivity contribution in [1.29, 1.82) is 0 Å². The summed E-state index contributed by atoms with van der Waals surface area (Å²) in [6, 6.07) is 4.08. The highest BCUT2D eigenvalue weighted by Gasteiger charge is 2.36. The summed E-state index contributed by atoms with van der Waals surface area (Å²) in [4.78, 5) is 25.7. The van der Waals surface area contributed by atoms with Crippen LogP contribution in [0.3, 0.4) is 0 Å². The van der Waals surface area contributed by atoms with Gasteiger partial charge in [0.05, 0.1) is 7.11 Å². The van der Waals surface area contributed by atoms with Gasteiger partial charge in [0.2, 0.25) is 0 Å². The lowest BCUT2D eigenvalue weighted by Crippen LogP contribution is -2.51. The number of nitrogens with zero attached hydrogens (tertiary/aromatic N) is 1. The normalized spacial score (nSPS) is 11.0. The molecule has 23 heavy (non-hydrogen) atoms. The quantitative estimate of drug-likeness (QED) is 0.784. The van der Waals surface area contributed by atoms with Gasteiger partial charge >= 0.3 is 5.97 Å². The van der Waals surface area contributed by atoms with Crippen LogP contribution in [0.5, 0.6) is 0 Å². The highest BCUT2D eigenvalue weighted by molar-refractivity contribution is 5.95. The average molecular weight is 324 g/mol. The zero-order valence-electron chi connectivity index (χ0n) is 14.4. The Morgan fingerprint density at radius 1 is 1.30 bits per heavy atom. The van der Waals surface area contributed by atoms with Gasteiger partial charge in [-0.2, -0.15) is 0 Å². The number of nitrogens with one attached hydrogen (secondary N) is 1. The monoisotopic (exact) mass is 324 g/mol. The van der Waals surface area contributed by atoms with Gasteiger partial charge < -0.3 is 15.0 Å². The Kier molecular flexibility index (Phi) is 6.54. The molecule has 5 nitrogen and oxygen atoms in total. The number of benzene rings is 1. The van der Waals surface area contributed by atoms with Crippen LogP contribution >= 0.6 is 0 Å². The summed E-state index contributed by atoms with van der Waals surface area (Å²) >= 11 is 0. The molecule has 128 valence electrons. The van der Waals surface area contributed by atoms with E-state index in [0.717, 1.165) is 12.8 Å². The van der Waals surface area contributed by atoms with Crippen molar-refractivity contribution in [3.8, 4) is 0 Å². The van der Waals surface area contributed by atoms with E-state index in [0.29, 0.717) is 12.2 Å². The van der Waals surface area contributed by atoms with Crippen LogP contribution in [0.1, 0.15) is 44.0 Å². The first kappa shape index (κ1) is 18.9. The van der Waals surface area contributed by atoms with E-state index in [1.165, 1.54) is 26.3 Å². The molecule has 0 atom stereocenters. The SMILES string of the molecule is CCCCN(c1cc(F)cc(C(=O)NC)c1)C(C)(C)C(=O)OC. The van der Waals surface area contributed by atoms with Crippen molar-refractivity contribution in [2.75, 3.05) is 25.6 Å². The minimum atomic E-state index is -0.975. The topological polar surface area (TPSA) is 58.6 Å². The molecule has 6 heteroatoms. The molecule has 0 fully saturated rings. The third-order valence-electron chi connectivity index (χ3n) is 3.78. The Balaban J connectivity index is 3.34. The molecule has 0 unspecified atom stereocenters. The lowest BCUT2D eigenvalue weighted by Gasteiger charge is -2.38. The number of hydrogen-bond acceptors (Lipinski definition) is 4. The molecule has 0 aromatic heterocycles. The average Bonchev–Trinajstić information content (AvgIpc) is 2.52. The number of amides is 1. The Morgan fingerprint density at radius 2 is 1.96 bits per heavy atom. The number of carbonyl (C=O) groups is 2. The molecule has 1 rings (SSSR count). The van der Waals surface area contributed by atoms with E-state index < -0.39 is 17.3 Å². The van der Waals surface area contributed by atoms with Crippen molar-refractivity contribution in [2.24, 2.45) is 0 Å². The lowest BCUT2D eigenvalue weighted by molar-refractivity contribution is -0.145. The summed E-state index contributed by atoms with van der Waals surface area (Å²) in [5, 5.41) is 2.47. The number of anilines is 1. The largest absolute Gasteiger partial charge is 0.467 e. The summed E-state index contributed by atoms with van der Waals surface area (Å²) < 4.78 is 18.8. The van der Waals surface area contributed by atoms with Gasteiger partial charge in [0.25, 0.3) is 5.91 Å². The molecule has 0 spiro atoms. The molecular formula is C17H25FN2O3. The minimum Gasteiger partial charge on any atom is -0.467 e. The first-order valence-electron chi connectivity index (χ1n) is 7.66. The van der Waals surface area contributed by atoms with Crippen molar-refractivity contribution < 1.29 is 18.7 Å². The van der Waals surface area contributed by atoms with Gasteiger partial charge in [0, 0.05) is 24.8 Å². The van der Waals surface area contributed by atoms with Gasteiger partial charge in [-0.15, -0.1) is 0 Å². The van der Waals surface area contributed by atoms with Crippen molar-refractivity contribution in [2.45, 2.75) is 39.2 Å². The van der Waals surface area contributed by atoms with E-state index in [-0.39, 0.29) is 11.5 Å². The van der Waals surface area contributed by atoms with Crippen LogP contribution in [-0.2, 0) is 9.53 Å². The summed E-state index contributed by atoms with van der Waals surface area (Å²) in [5.41, 5.74) is -0.283. The molecule has 0 heterocycles. The van der Waals surface area contributed by atoms with Crippen molar-refractivity contribution in [3.05, 3.63) is 29.6 Å². The van der Waals surface area contributed by atoms with E-state index >= 15 is 0 Å². The van der Waals surface area contributed by atoms with E-state index in [4.69, 9.17) is 4.74 Å². The molecular weight excluding hydrogens is 299 g/mol. The van der Waals surface area contributed by atoms with Crippen LogP contribution in [0.2, 0.25) is 0 Å². The Hall–Kier alpha value is -2.11. The first-order valence-corrected chi connectivity index (χ1v) is 7.66. The van der Waals surface area contributed by atoms with Crippen LogP contribution in [0.15, 0.2) is 18.2 Å². The summed E-state index contributed by atoms with van der Waals surface area (Å²) in [7, 11) is 2.81. The van der Waals surface area contributed by atoms with Crippen LogP contribution in [0.4, 0.5) is 10.1 Å². The smallest absolute Gasteiger partial charge is 0.331 e. The van der Waals surface area contributed by atoms with Gasteiger partial charge in [-0.25, -0.2) is 9.18 Å². The second-order valence-electron chi connectivity index (χ2n) is 5.83. The molecule has 1 aromatic carbocycles. The minimum absolute atomic E-state index is 0.213. The molecule has 0 aliphatic rings. The predicted molar refractivity (Wildman–Crippen MR) is 88.1 cm³/mol. The van der Waals surface area contributed by atoms with Gasteiger partial charge in [-0.1, -0.05) is 13.3 Å². The van der Waals surface area contributed by atoms with Gasteiger partial charge in [0.15, 0.2) is 0 Å². The highest BCUT2D eigenvalue weighted by Crippen LogP contribution is 2.28. The number of rotatable bonds is 7. The van der Waals surface area contributed by atoms with E-state index in [2.05, 4.69) is 5.32 Å². The van der Waals surface area contributed by atoms with E-state index in [1.54, 1.807) is 24.8 Å². The molecule has 0 aliphatic carbocycles. The Labute approximate surface area is 136 Å². The molecule has 0 aliphatic heterocycles. The maximum atomic E-state index is 14.0. The highest BCUT2D eigenvalue weighted by atomic mass is 19.1. The molecule has 1 amide bonds. The number of ether oxygens (including phenoxy) is 1. The lowest BCUT2D eigenvalue weighted by atomic mass is 10.00. The van der Waals surface area contributed by atoms with Gasteiger partial charge in [0.1, 0.15) is 11.4 Å². The van der Waals surface area contributed by atoms with Crippen molar-refractivity contribution in [1.82, 2.24) is 5.32 Å². The van der Waals surface area contributed by atoms with E-state index in [9.17, 15) is 14.0 Å². The third kappa shape index (κ3) is 4.43. The number of unbranched alkanes of at least 4 members (excludes halogenated alkanes) is 1. The molecule has 0 saturated heterocycles. The summed E-state index contributed by atoms with van der Waals surface area (Å²) in [6.45, 7) is 6.03. The van der Waals surface area contributed by atoms with Crippen LogP contribution in [0, 0.1) is 5.82 Å². The van der Waals surface area contributed by atoms with Gasteiger partial charge in [-0.3, -0.25) is 4.79 Å². The molecule has 1 aromatic rings. The number of esters is 1. The van der Waals surface area contributed by atoms with Crippen LogP contribution in [-0.4, -0.2) is 38.1 Å². The fourth-order valence-corrected chi connectivity index (χ4v) is 2.41. The first-order chi connectivity index (χ1) is 10.8. The number of carbonyl (C=O) groups excluding carboxylic acids is 2. The zero-order valence-corrected chi connectivity index (χ0v) is 14.4. The Bertz CT molecular complexity index is 573. The Morgan fingerprint density at radius 3 is 2.48 bits per heavy atom. The van der Waals surface area contributed by atoms with Crippen molar-refractivity contribution in [3.63, 3.8) is 0 Å². The molecule has 0 saturated carbocycles. The molecule has 0 radical (unpaired) electrons.